The van der Waals surface area contributed by atoms with Crippen molar-refractivity contribution in [3.63, 3.8) is 0 Å². The van der Waals surface area contributed by atoms with Gasteiger partial charge in [0, 0.05) is 31.3 Å². The molecular weight excluding hydrogens is 368 g/mol. The Morgan fingerprint density at radius 1 is 0.667 bits per heavy atom. The first-order valence-electron chi connectivity index (χ1n) is 9.16. The molecule has 0 spiro atoms. The monoisotopic (exact) mass is 386 g/mol. The van der Waals surface area contributed by atoms with Gasteiger partial charge >= 0.3 is 0 Å². The number of hydrogen-bond acceptors (Lipinski definition) is 1. The van der Waals surface area contributed by atoms with Crippen molar-refractivity contribution in [1.82, 2.24) is 0 Å². The summed E-state index contributed by atoms with van der Waals surface area (Å²) in [7, 11) is 0. The molecule has 2 heteroatoms. The molecule has 0 amide bonds. The van der Waals surface area contributed by atoms with Crippen LogP contribution >= 0.6 is 22.9 Å². The van der Waals surface area contributed by atoms with Gasteiger partial charge in [-0.25, -0.2) is 0 Å². The van der Waals surface area contributed by atoms with Crippen molar-refractivity contribution in [2.45, 2.75) is 19.3 Å². The van der Waals surface area contributed by atoms with Gasteiger partial charge in [-0.3, -0.25) is 0 Å². The average molecular weight is 387 g/mol. The maximum atomic E-state index is 6.74. The Kier molecular flexibility index (Phi) is 3.79. The fourth-order valence-electron chi connectivity index (χ4n) is 4.29. The molecule has 0 unspecified atom stereocenters. The molecule has 0 aliphatic heterocycles. The molecule has 0 saturated heterocycles. The van der Waals surface area contributed by atoms with E-state index in [2.05, 4.69) is 86.6 Å². The van der Waals surface area contributed by atoms with Gasteiger partial charge in [-0.1, -0.05) is 98.2 Å². The summed E-state index contributed by atoms with van der Waals surface area (Å²) in [4.78, 5) is 2.66. The van der Waals surface area contributed by atoms with Gasteiger partial charge in [-0.05, 0) is 28.3 Å². The van der Waals surface area contributed by atoms with Gasteiger partial charge in [0.1, 0.15) is 0 Å². The van der Waals surface area contributed by atoms with E-state index in [-0.39, 0.29) is 5.41 Å². The van der Waals surface area contributed by atoms with Crippen LogP contribution < -0.4 is 0 Å². The molecule has 132 valence electrons. The summed E-state index contributed by atoms with van der Waals surface area (Å²) < 4.78 is 0. The van der Waals surface area contributed by atoms with Crippen LogP contribution in [0.25, 0.3) is 32.0 Å². The molecule has 27 heavy (non-hydrogen) atoms. The summed E-state index contributed by atoms with van der Waals surface area (Å²) in [6, 6.07) is 27.7. The largest absolute Gasteiger partial charge is 0.134 e. The molecule has 0 nitrogen and oxygen atoms in total. The van der Waals surface area contributed by atoms with Crippen molar-refractivity contribution in [2.24, 2.45) is 0 Å². The van der Waals surface area contributed by atoms with Crippen molar-refractivity contribution >= 4 is 22.9 Å². The van der Waals surface area contributed by atoms with Crippen LogP contribution in [-0.2, 0) is 5.41 Å². The van der Waals surface area contributed by atoms with Gasteiger partial charge in [0.05, 0.1) is 0 Å². The first-order valence-corrected chi connectivity index (χ1v) is 10.4. The molecule has 3 aromatic carbocycles. The van der Waals surface area contributed by atoms with Crippen LogP contribution in [0.2, 0.25) is 5.02 Å². The highest BCUT2D eigenvalue weighted by Crippen LogP contribution is 2.60. The summed E-state index contributed by atoms with van der Waals surface area (Å²) in [6.45, 7) is 4.64. The minimum atomic E-state index is -0.0791. The van der Waals surface area contributed by atoms with Gasteiger partial charge < -0.3 is 0 Å². The molecule has 5 rings (SSSR count). The van der Waals surface area contributed by atoms with Crippen molar-refractivity contribution in [2.75, 3.05) is 0 Å². The van der Waals surface area contributed by atoms with Gasteiger partial charge in [-0.2, -0.15) is 0 Å². The summed E-state index contributed by atoms with van der Waals surface area (Å²) >= 11 is 8.63. The molecule has 1 aliphatic carbocycles. The molecule has 4 aromatic rings. The predicted octanol–water partition coefficient (Wildman–Crippen LogP) is 8.04. The second-order valence-electron chi connectivity index (χ2n) is 7.53. The van der Waals surface area contributed by atoms with Crippen LogP contribution in [-0.4, -0.2) is 0 Å². The highest BCUT2D eigenvalue weighted by molar-refractivity contribution is 7.19. The number of hydrogen-bond donors (Lipinski definition) is 0. The standard InChI is InChI=1S/C25H19ClS/c1-25(2)18-14-9-15-19(26)20(18)21-22(25)24(17-12-7-4-8-13-17)27-23(21)16-10-5-3-6-11-16/h3-15H,1-2H3. The van der Waals surface area contributed by atoms with Crippen LogP contribution in [0, 0.1) is 0 Å². The van der Waals surface area contributed by atoms with Gasteiger partial charge in [0.25, 0.3) is 0 Å². The summed E-state index contributed by atoms with van der Waals surface area (Å²) in [5.74, 6) is 0. The molecule has 0 fully saturated rings. The summed E-state index contributed by atoms with van der Waals surface area (Å²) in [6.07, 6.45) is 0. The number of rotatable bonds is 2. The van der Waals surface area contributed by atoms with Crippen LogP contribution in [0.5, 0.6) is 0 Å². The lowest BCUT2D eigenvalue weighted by Crippen LogP contribution is -2.15. The van der Waals surface area contributed by atoms with Crippen molar-refractivity contribution in [1.29, 1.82) is 0 Å². The van der Waals surface area contributed by atoms with E-state index in [9.17, 15) is 0 Å². The van der Waals surface area contributed by atoms with E-state index in [0.29, 0.717) is 0 Å². The second kappa shape index (κ2) is 6.09. The van der Waals surface area contributed by atoms with Crippen LogP contribution in [0.4, 0.5) is 0 Å². The number of benzene rings is 3. The minimum absolute atomic E-state index is 0.0791. The molecule has 1 heterocycles. The third kappa shape index (κ3) is 2.42. The Hall–Kier alpha value is -2.35. The first kappa shape index (κ1) is 16.8. The first-order chi connectivity index (χ1) is 13.1. The van der Waals surface area contributed by atoms with E-state index in [1.54, 1.807) is 0 Å². The van der Waals surface area contributed by atoms with Crippen LogP contribution in [0.15, 0.2) is 78.9 Å². The lowest BCUT2D eigenvalue weighted by atomic mass is 9.81. The number of fused-ring (bicyclic) bond motifs is 3. The third-order valence-electron chi connectivity index (χ3n) is 5.54. The zero-order valence-electron chi connectivity index (χ0n) is 15.3. The SMILES string of the molecule is CC1(C)c2cccc(Cl)c2-c2c(-c3ccccc3)sc(-c3ccccc3)c21. The number of halogens is 1. The van der Waals surface area contributed by atoms with Crippen LogP contribution in [0.1, 0.15) is 25.0 Å². The lowest BCUT2D eigenvalue weighted by molar-refractivity contribution is 0.664. The van der Waals surface area contributed by atoms with E-state index < -0.39 is 0 Å². The lowest BCUT2D eigenvalue weighted by Gasteiger charge is -2.22. The molecular formula is C25H19ClS. The van der Waals surface area contributed by atoms with E-state index in [1.165, 1.54) is 43.1 Å². The quantitative estimate of drug-likeness (QED) is 0.327. The third-order valence-corrected chi connectivity index (χ3v) is 7.15. The van der Waals surface area contributed by atoms with Gasteiger partial charge in [-0.15, -0.1) is 11.3 Å². The normalized spacial score (nSPS) is 14.0. The Bertz CT molecular complexity index is 1140. The maximum Gasteiger partial charge on any atom is 0.0488 e. The fourth-order valence-corrected chi connectivity index (χ4v) is 6.03. The van der Waals surface area contributed by atoms with Crippen molar-refractivity contribution in [3.05, 3.63) is 95.0 Å². The summed E-state index contributed by atoms with van der Waals surface area (Å²) in [5, 5.41) is 0.842. The Balaban J connectivity index is 1.91. The van der Waals surface area contributed by atoms with E-state index in [1.807, 2.05) is 17.4 Å². The molecule has 1 aliphatic rings. The zero-order valence-corrected chi connectivity index (χ0v) is 16.9. The fraction of sp³-hybridized carbons (Fsp3) is 0.120. The maximum absolute atomic E-state index is 6.74. The highest BCUT2D eigenvalue weighted by atomic mass is 35.5. The molecule has 0 N–H and O–H groups in total. The molecule has 0 bridgehead atoms. The Labute approximate surface area is 169 Å². The molecule has 0 saturated carbocycles. The second-order valence-corrected chi connectivity index (χ2v) is 8.96. The molecule has 0 radical (unpaired) electrons. The average Bonchev–Trinajstić information content (AvgIpc) is 3.20. The Morgan fingerprint density at radius 2 is 1.26 bits per heavy atom. The minimum Gasteiger partial charge on any atom is -0.134 e. The smallest absolute Gasteiger partial charge is 0.0488 e. The van der Waals surface area contributed by atoms with Crippen LogP contribution in [0.3, 0.4) is 0 Å². The summed E-state index contributed by atoms with van der Waals surface area (Å²) in [5.41, 5.74) is 7.70. The molecule has 1 aromatic heterocycles. The van der Waals surface area contributed by atoms with E-state index >= 15 is 0 Å². The Morgan fingerprint density at radius 3 is 1.89 bits per heavy atom. The topological polar surface area (TPSA) is 0 Å². The molecule has 0 atom stereocenters. The van der Waals surface area contributed by atoms with Gasteiger partial charge in [0.2, 0.25) is 0 Å². The van der Waals surface area contributed by atoms with E-state index in [0.717, 1.165) is 5.02 Å². The van der Waals surface area contributed by atoms with E-state index in [4.69, 9.17) is 11.6 Å². The van der Waals surface area contributed by atoms with Gasteiger partial charge in [0.15, 0.2) is 0 Å². The van der Waals surface area contributed by atoms with Crippen molar-refractivity contribution in [3.8, 4) is 32.0 Å². The number of thiophene rings is 1. The predicted molar refractivity (Wildman–Crippen MR) is 118 cm³/mol. The highest BCUT2D eigenvalue weighted by Gasteiger charge is 2.42. The zero-order chi connectivity index (χ0) is 18.6. The van der Waals surface area contributed by atoms with Crippen molar-refractivity contribution < 1.29 is 0 Å².